The van der Waals surface area contributed by atoms with Crippen LogP contribution in [0.4, 0.5) is 0 Å². The van der Waals surface area contributed by atoms with E-state index in [4.69, 9.17) is 5.73 Å². The topological polar surface area (TPSA) is 66.6 Å². The van der Waals surface area contributed by atoms with E-state index in [-0.39, 0.29) is 23.8 Å². The molecule has 22 heavy (non-hydrogen) atoms. The van der Waals surface area contributed by atoms with Gasteiger partial charge < -0.3 is 15.5 Å². The minimum absolute atomic E-state index is 0.111. The number of hydrogen-bond acceptors (Lipinski definition) is 3. The van der Waals surface area contributed by atoms with Crippen molar-refractivity contribution in [3.05, 3.63) is 0 Å². The van der Waals surface area contributed by atoms with E-state index >= 15 is 0 Å². The molecule has 0 aromatic rings. The van der Waals surface area contributed by atoms with E-state index in [2.05, 4.69) is 6.92 Å². The number of piperidine rings is 1. The lowest BCUT2D eigenvalue weighted by molar-refractivity contribution is -0.137. The summed E-state index contributed by atoms with van der Waals surface area (Å²) in [5.74, 6) is 0.803. The maximum Gasteiger partial charge on any atom is 0.227 e. The molecule has 5 heteroatoms. The fraction of sp³-hybridized carbons (Fsp3) is 0.882. The Balaban J connectivity index is 1.54. The predicted molar refractivity (Wildman–Crippen MR) is 85.0 cm³/mol. The lowest BCUT2D eigenvalue weighted by Crippen LogP contribution is -2.45. The molecule has 2 aliphatic heterocycles. The third-order valence-corrected chi connectivity index (χ3v) is 5.87. The highest BCUT2D eigenvalue weighted by molar-refractivity contribution is 5.89. The number of likely N-dealkylation sites (tertiary alicyclic amines) is 2. The van der Waals surface area contributed by atoms with E-state index in [1.54, 1.807) is 0 Å². The lowest BCUT2D eigenvalue weighted by Gasteiger charge is -2.35. The molecule has 5 nitrogen and oxygen atoms in total. The summed E-state index contributed by atoms with van der Waals surface area (Å²) in [7, 11) is 0. The van der Waals surface area contributed by atoms with Crippen LogP contribution in [0.25, 0.3) is 0 Å². The summed E-state index contributed by atoms with van der Waals surface area (Å²) < 4.78 is 0. The van der Waals surface area contributed by atoms with Crippen molar-refractivity contribution < 1.29 is 9.59 Å². The molecule has 124 valence electrons. The van der Waals surface area contributed by atoms with Crippen LogP contribution in [0.3, 0.4) is 0 Å². The lowest BCUT2D eigenvalue weighted by atomic mass is 9.90. The molecule has 0 radical (unpaired) electrons. The molecular formula is C17H29N3O2. The molecule has 3 aliphatic rings. The monoisotopic (exact) mass is 307 g/mol. The summed E-state index contributed by atoms with van der Waals surface area (Å²) in [5, 5.41) is 0. The van der Waals surface area contributed by atoms with Crippen molar-refractivity contribution in [3.63, 3.8) is 0 Å². The highest BCUT2D eigenvalue weighted by atomic mass is 16.2. The van der Waals surface area contributed by atoms with Crippen LogP contribution < -0.4 is 5.73 Å². The number of nitrogens with zero attached hydrogens (tertiary/aromatic N) is 2. The summed E-state index contributed by atoms with van der Waals surface area (Å²) in [6.07, 6.45) is 7.09. The summed E-state index contributed by atoms with van der Waals surface area (Å²) >= 11 is 0. The van der Waals surface area contributed by atoms with Crippen molar-refractivity contribution in [1.82, 2.24) is 9.80 Å². The van der Waals surface area contributed by atoms with E-state index in [1.807, 2.05) is 9.80 Å². The summed E-state index contributed by atoms with van der Waals surface area (Å²) in [5.41, 5.74) is 5.96. The molecule has 2 saturated heterocycles. The molecular weight excluding hydrogens is 278 g/mol. The van der Waals surface area contributed by atoms with Crippen LogP contribution in [0.15, 0.2) is 0 Å². The second-order valence-corrected chi connectivity index (χ2v) is 7.41. The standard InChI is InChI=1S/C17H29N3O2/c1-12(18)13-6-8-19(9-7-13)17(22)14-10-16(21)20(11-14)15-4-2-3-5-15/h12-15H,2-11,18H2,1H3. The third kappa shape index (κ3) is 3.14. The normalized spacial score (nSPS) is 29.4. The van der Waals surface area contributed by atoms with Crippen molar-refractivity contribution in [2.45, 2.75) is 64.0 Å². The van der Waals surface area contributed by atoms with Crippen LogP contribution in [-0.4, -0.2) is 53.3 Å². The van der Waals surface area contributed by atoms with E-state index in [9.17, 15) is 9.59 Å². The number of amides is 2. The second-order valence-electron chi connectivity index (χ2n) is 7.41. The van der Waals surface area contributed by atoms with E-state index in [0.29, 0.717) is 24.9 Å². The fourth-order valence-corrected chi connectivity index (χ4v) is 4.37. The molecule has 0 bridgehead atoms. The van der Waals surface area contributed by atoms with Gasteiger partial charge in [0.25, 0.3) is 0 Å². The quantitative estimate of drug-likeness (QED) is 0.856. The van der Waals surface area contributed by atoms with Crippen LogP contribution in [0.2, 0.25) is 0 Å². The molecule has 2 heterocycles. The summed E-state index contributed by atoms with van der Waals surface area (Å²) in [4.78, 5) is 28.9. The molecule has 1 aliphatic carbocycles. The van der Waals surface area contributed by atoms with Crippen molar-refractivity contribution in [1.29, 1.82) is 0 Å². The Labute approximate surface area is 133 Å². The first-order chi connectivity index (χ1) is 10.6. The maximum absolute atomic E-state index is 12.7. The molecule has 3 rings (SSSR count). The van der Waals surface area contributed by atoms with Crippen LogP contribution in [0.5, 0.6) is 0 Å². The Morgan fingerprint density at radius 1 is 1.18 bits per heavy atom. The highest BCUT2D eigenvalue weighted by Crippen LogP contribution is 2.31. The van der Waals surface area contributed by atoms with Gasteiger partial charge in [0.15, 0.2) is 0 Å². The fourth-order valence-electron chi connectivity index (χ4n) is 4.37. The van der Waals surface area contributed by atoms with Gasteiger partial charge in [-0.15, -0.1) is 0 Å². The largest absolute Gasteiger partial charge is 0.342 e. The SMILES string of the molecule is CC(N)C1CCN(C(=O)C2CC(=O)N(C3CCCC3)C2)CC1. The highest BCUT2D eigenvalue weighted by Gasteiger charge is 2.40. The van der Waals surface area contributed by atoms with Gasteiger partial charge in [-0.3, -0.25) is 9.59 Å². The minimum atomic E-state index is -0.111. The molecule has 1 saturated carbocycles. The van der Waals surface area contributed by atoms with Gasteiger partial charge in [-0.05, 0) is 38.5 Å². The Morgan fingerprint density at radius 2 is 1.82 bits per heavy atom. The van der Waals surface area contributed by atoms with Gasteiger partial charge in [-0.1, -0.05) is 12.8 Å². The van der Waals surface area contributed by atoms with Crippen molar-refractivity contribution in [2.75, 3.05) is 19.6 Å². The summed E-state index contributed by atoms with van der Waals surface area (Å²) in [6.45, 7) is 4.31. The molecule has 0 aromatic heterocycles. The van der Waals surface area contributed by atoms with Gasteiger partial charge >= 0.3 is 0 Å². The molecule has 2 N–H and O–H groups in total. The van der Waals surface area contributed by atoms with E-state index in [0.717, 1.165) is 38.8 Å². The third-order valence-electron chi connectivity index (χ3n) is 5.87. The number of nitrogens with two attached hydrogens (primary N) is 1. The number of hydrogen-bond donors (Lipinski definition) is 1. The van der Waals surface area contributed by atoms with Crippen LogP contribution in [0, 0.1) is 11.8 Å². The number of carbonyl (C=O) groups excluding carboxylic acids is 2. The van der Waals surface area contributed by atoms with Crippen LogP contribution >= 0.6 is 0 Å². The van der Waals surface area contributed by atoms with Crippen LogP contribution in [-0.2, 0) is 9.59 Å². The number of rotatable bonds is 3. The van der Waals surface area contributed by atoms with Crippen molar-refractivity contribution in [3.8, 4) is 0 Å². The van der Waals surface area contributed by atoms with Gasteiger partial charge in [-0.2, -0.15) is 0 Å². The van der Waals surface area contributed by atoms with E-state index in [1.165, 1.54) is 12.8 Å². The Hall–Kier alpha value is -1.10. The molecule has 0 aromatic carbocycles. The predicted octanol–water partition coefficient (Wildman–Crippen LogP) is 1.36. The smallest absolute Gasteiger partial charge is 0.227 e. The van der Waals surface area contributed by atoms with Gasteiger partial charge in [0.05, 0.1) is 5.92 Å². The molecule has 3 fully saturated rings. The second kappa shape index (κ2) is 6.57. The molecule has 2 atom stereocenters. The van der Waals surface area contributed by atoms with Crippen molar-refractivity contribution >= 4 is 11.8 Å². The number of carbonyl (C=O) groups is 2. The van der Waals surface area contributed by atoms with Gasteiger partial charge in [-0.25, -0.2) is 0 Å². The summed E-state index contributed by atoms with van der Waals surface area (Å²) in [6, 6.07) is 0.609. The Kier molecular flexibility index (Phi) is 4.71. The zero-order valence-electron chi connectivity index (χ0n) is 13.7. The Morgan fingerprint density at radius 3 is 2.41 bits per heavy atom. The average molecular weight is 307 g/mol. The first-order valence-electron chi connectivity index (χ1n) is 8.90. The molecule has 2 amide bonds. The minimum Gasteiger partial charge on any atom is -0.342 e. The van der Waals surface area contributed by atoms with Gasteiger partial charge in [0, 0.05) is 38.1 Å². The van der Waals surface area contributed by atoms with Gasteiger partial charge in [0.2, 0.25) is 11.8 Å². The zero-order chi connectivity index (χ0) is 15.7. The first-order valence-corrected chi connectivity index (χ1v) is 8.90. The zero-order valence-corrected chi connectivity index (χ0v) is 13.7. The molecule has 2 unspecified atom stereocenters. The maximum atomic E-state index is 12.7. The molecule has 0 spiro atoms. The van der Waals surface area contributed by atoms with E-state index < -0.39 is 0 Å². The van der Waals surface area contributed by atoms with Crippen molar-refractivity contribution in [2.24, 2.45) is 17.6 Å². The Bertz CT molecular complexity index is 424. The van der Waals surface area contributed by atoms with Crippen LogP contribution in [0.1, 0.15) is 51.9 Å². The average Bonchev–Trinajstić information content (AvgIpc) is 3.15. The van der Waals surface area contributed by atoms with Gasteiger partial charge in [0.1, 0.15) is 0 Å². The first kappa shape index (κ1) is 15.8.